The van der Waals surface area contributed by atoms with Crippen LogP contribution in [-0.2, 0) is 25.5 Å². The number of amides is 1. The lowest BCUT2D eigenvalue weighted by molar-refractivity contribution is -0.159. The summed E-state index contributed by atoms with van der Waals surface area (Å²) in [5, 5.41) is 55.9. The smallest absolute Gasteiger partial charge is 0.255 e. The number of fused-ring (bicyclic) bond motifs is 3. The number of phenols is 1. The minimum absolute atomic E-state index is 0.0187. The number of carbonyl (C=O) groups is 3. The molecule has 0 radical (unpaired) electrons. The SMILES string of the molecule is CN(C)[C@@H]1C(=O)C(C(N)=O)=C(O)[C@@]2(O)C(=O)C3=C(O)c4c(O)ccc(Cl)c4[C@@](C)(O)[C@H]3C[C@@H]12.Clc1ccccc1C(c1ccccc1)(c1ccccc1)n1ccnc1. The van der Waals surface area contributed by atoms with Gasteiger partial charge in [0.05, 0.1) is 23.5 Å². The Labute approximate surface area is 343 Å². The minimum Gasteiger partial charge on any atom is -0.508 e. The van der Waals surface area contributed by atoms with E-state index in [0.717, 1.165) is 21.7 Å². The molecule has 14 heteroatoms. The van der Waals surface area contributed by atoms with Crippen molar-refractivity contribution in [1.29, 1.82) is 0 Å². The van der Waals surface area contributed by atoms with Crippen molar-refractivity contribution in [2.45, 2.75) is 36.1 Å². The lowest BCUT2D eigenvalue weighted by atomic mass is 9.54. The third kappa shape index (κ3) is 5.94. The Morgan fingerprint density at radius 1 is 0.879 bits per heavy atom. The Bertz CT molecular complexity index is 2460. The van der Waals surface area contributed by atoms with Crippen LogP contribution in [0, 0.1) is 11.8 Å². The first-order chi connectivity index (χ1) is 27.5. The van der Waals surface area contributed by atoms with Crippen molar-refractivity contribution in [1.82, 2.24) is 14.5 Å². The van der Waals surface area contributed by atoms with Gasteiger partial charge in [0, 0.05) is 51.0 Å². The molecule has 1 fully saturated rings. The number of hydrogen-bond donors (Lipinski definition) is 6. The van der Waals surface area contributed by atoms with Gasteiger partial charge in [-0.05, 0) is 56.8 Å². The molecular weight excluding hydrogens is 783 g/mol. The fourth-order valence-electron chi connectivity index (χ4n) is 9.06. The van der Waals surface area contributed by atoms with E-state index >= 15 is 0 Å². The number of aromatic nitrogens is 2. The molecule has 5 atom stereocenters. The quantitative estimate of drug-likeness (QED) is 0.0918. The highest BCUT2D eigenvalue weighted by molar-refractivity contribution is 6.32. The Balaban J connectivity index is 0.000000183. The number of rotatable bonds is 6. The molecule has 1 aromatic heterocycles. The summed E-state index contributed by atoms with van der Waals surface area (Å²) in [6.07, 6.45) is 5.38. The van der Waals surface area contributed by atoms with Gasteiger partial charge in [0.15, 0.2) is 11.4 Å². The highest BCUT2D eigenvalue weighted by Crippen LogP contribution is 2.58. The second-order valence-corrected chi connectivity index (χ2v) is 15.8. The van der Waals surface area contributed by atoms with Crippen LogP contribution in [0.5, 0.6) is 5.75 Å². The third-order valence-corrected chi connectivity index (χ3v) is 12.3. The molecule has 4 aromatic carbocycles. The number of aromatic hydroxyl groups is 1. The number of carbonyl (C=O) groups excluding carboxylic acids is 3. The van der Waals surface area contributed by atoms with E-state index in [1.165, 1.54) is 38.1 Å². The number of benzene rings is 4. The number of imidazole rings is 1. The van der Waals surface area contributed by atoms with Gasteiger partial charge in [-0.1, -0.05) is 102 Å². The van der Waals surface area contributed by atoms with Crippen LogP contribution < -0.4 is 5.73 Å². The molecule has 5 aromatic rings. The molecule has 1 heterocycles. The lowest BCUT2D eigenvalue weighted by Gasteiger charge is -2.53. The number of ketones is 2. The van der Waals surface area contributed by atoms with Crippen LogP contribution in [0.15, 0.2) is 133 Å². The maximum atomic E-state index is 13.7. The van der Waals surface area contributed by atoms with Crippen LogP contribution in [0.2, 0.25) is 10.0 Å². The van der Waals surface area contributed by atoms with Gasteiger partial charge >= 0.3 is 0 Å². The van der Waals surface area contributed by atoms with E-state index < -0.39 is 80.5 Å². The first-order valence-electron chi connectivity index (χ1n) is 18.3. The largest absolute Gasteiger partial charge is 0.508 e. The molecule has 3 aliphatic carbocycles. The van der Waals surface area contributed by atoms with Crippen LogP contribution in [0.1, 0.15) is 41.2 Å². The molecule has 1 amide bonds. The number of aliphatic hydroxyl groups excluding tert-OH is 2. The molecule has 3 aliphatic rings. The fourth-order valence-corrected chi connectivity index (χ4v) is 9.69. The predicted octanol–water partition coefficient (Wildman–Crippen LogP) is 5.66. The molecule has 0 bridgehead atoms. The van der Waals surface area contributed by atoms with Crippen molar-refractivity contribution in [3.05, 3.63) is 171 Å². The number of phenolic OH excluding ortho intramolecular Hbond substituents is 1. The van der Waals surface area contributed by atoms with E-state index in [4.69, 9.17) is 28.9 Å². The van der Waals surface area contributed by atoms with Crippen LogP contribution in [0.25, 0.3) is 5.76 Å². The summed E-state index contributed by atoms with van der Waals surface area (Å²) in [6, 6.07) is 30.1. The predicted molar refractivity (Wildman–Crippen MR) is 217 cm³/mol. The van der Waals surface area contributed by atoms with E-state index in [9.17, 15) is 39.9 Å². The van der Waals surface area contributed by atoms with E-state index in [1.54, 1.807) is 6.20 Å². The van der Waals surface area contributed by atoms with E-state index in [0.29, 0.717) is 0 Å². The van der Waals surface area contributed by atoms with Crippen molar-refractivity contribution in [3.63, 3.8) is 0 Å². The van der Waals surface area contributed by atoms with Gasteiger partial charge in [0.25, 0.3) is 5.91 Å². The van der Waals surface area contributed by atoms with Gasteiger partial charge < -0.3 is 35.8 Å². The van der Waals surface area contributed by atoms with E-state index in [2.05, 4.69) is 64.1 Å². The first-order valence-corrected chi connectivity index (χ1v) is 19.0. The van der Waals surface area contributed by atoms with Gasteiger partial charge in [-0.25, -0.2) is 4.98 Å². The summed E-state index contributed by atoms with van der Waals surface area (Å²) < 4.78 is 2.12. The second-order valence-electron chi connectivity index (χ2n) is 15.0. The zero-order valence-corrected chi connectivity index (χ0v) is 33.1. The highest BCUT2D eigenvalue weighted by Gasteiger charge is 2.66. The molecule has 7 N–H and O–H groups in total. The van der Waals surface area contributed by atoms with E-state index in [1.807, 2.05) is 42.9 Å². The summed E-state index contributed by atoms with van der Waals surface area (Å²) in [4.78, 5) is 44.4. The monoisotopic (exact) mass is 822 g/mol. The fraction of sp³-hybridized carbons (Fsp3) is 0.227. The topological polar surface area (TPSA) is 199 Å². The average Bonchev–Trinajstić information content (AvgIpc) is 3.73. The number of hydrogen-bond acceptors (Lipinski definition) is 10. The Morgan fingerprint density at radius 2 is 1.47 bits per heavy atom. The van der Waals surface area contributed by atoms with Crippen LogP contribution in [0.4, 0.5) is 0 Å². The van der Waals surface area contributed by atoms with Crippen LogP contribution >= 0.6 is 23.2 Å². The number of aliphatic hydroxyl groups is 4. The number of halogens is 2. The van der Waals surface area contributed by atoms with E-state index in [-0.39, 0.29) is 22.6 Å². The molecule has 0 saturated heterocycles. The van der Waals surface area contributed by atoms with Gasteiger partial charge in [-0.3, -0.25) is 19.3 Å². The highest BCUT2D eigenvalue weighted by atomic mass is 35.5. The summed E-state index contributed by atoms with van der Waals surface area (Å²) in [5.74, 6) is -8.30. The van der Waals surface area contributed by atoms with Gasteiger partial charge in [0.1, 0.15) is 28.4 Å². The standard InChI is InChI=1S/C22H23ClN2O8.C22H17ClN2/c1-21(32)7-6-8-15(25(2)3)17(28)13(20(24)31)19(30)22(8,33)18(29)11(7)16(27)12-10(26)5-4-9(23)14(12)21;23-21-14-8-7-13-20(21)22(25-16-15-24-17-25,18-9-3-1-4-10-18)19-11-5-2-6-12-19/h4-5,7-8,15,26-27,30,32-33H,6H2,1-3H3,(H2,24,31);1-17H/t7-,8-,15-,21-,22-;/m0./s1. The summed E-state index contributed by atoms with van der Waals surface area (Å²) in [6.45, 7) is 1.34. The number of Topliss-reactive ketones (excluding diaryl/α,β-unsaturated/α-hetero) is 2. The van der Waals surface area contributed by atoms with Crippen LogP contribution in [-0.4, -0.2) is 83.2 Å². The maximum Gasteiger partial charge on any atom is 0.255 e. The molecule has 8 rings (SSSR count). The molecule has 12 nitrogen and oxygen atoms in total. The molecular formula is C44H40Cl2N4O8. The second kappa shape index (κ2) is 14.9. The van der Waals surface area contributed by atoms with Gasteiger partial charge in [-0.2, -0.15) is 0 Å². The molecule has 58 heavy (non-hydrogen) atoms. The zero-order chi connectivity index (χ0) is 41.9. The Hall–Kier alpha value is -5.76. The molecule has 0 unspecified atom stereocenters. The van der Waals surface area contributed by atoms with Crippen LogP contribution in [0.3, 0.4) is 0 Å². The summed E-state index contributed by atoms with van der Waals surface area (Å²) >= 11 is 13.0. The van der Waals surface area contributed by atoms with Crippen molar-refractivity contribution >= 4 is 46.4 Å². The maximum absolute atomic E-state index is 13.7. The number of primary amides is 1. The van der Waals surface area contributed by atoms with Gasteiger partial charge in [-0.15, -0.1) is 0 Å². The van der Waals surface area contributed by atoms with Crippen molar-refractivity contribution in [2.75, 3.05) is 14.1 Å². The van der Waals surface area contributed by atoms with Crippen molar-refractivity contribution in [2.24, 2.45) is 17.6 Å². The normalized spacial score (nSPS) is 24.1. The number of likely N-dealkylation sites (N-methyl/N-ethyl adjacent to an activating group) is 1. The Morgan fingerprint density at radius 3 is 2.00 bits per heavy atom. The average molecular weight is 824 g/mol. The van der Waals surface area contributed by atoms with Crippen molar-refractivity contribution in [3.8, 4) is 5.75 Å². The number of nitrogens with two attached hydrogens (primary N) is 1. The molecule has 1 saturated carbocycles. The van der Waals surface area contributed by atoms with Crippen molar-refractivity contribution < 1.29 is 39.9 Å². The first kappa shape index (κ1) is 40.4. The third-order valence-electron chi connectivity index (χ3n) is 11.6. The summed E-state index contributed by atoms with van der Waals surface area (Å²) in [7, 11) is 2.97. The molecule has 298 valence electrons. The molecule has 0 aliphatic heterocycles. The number of nitrogens with zero attached hydrogens (tertiary/aromatic N) is 3. The molecule has 0 spiro atoms. The Kier molecular flexibility index (Phi) is 10.4. The minimum atomic E-state index is -2.78. The summed E-state index contributed by atoms with van der Waals surface area (Å²) in [5.41, 5.74) is 1.59. The lowest BCUT2D eigenvalue weighted by Crippen LogP contribution is -2.67. The van der Waals surface area contributed by atoms with Gasteiger partial charge in [0.2, 0.25) is 5.78 Å². The zero-order valence-electron chi connectivity index (χ0n) is 31.5.